The highest BCUT2D eigenvalue weighted by Gasteiger charge is 2.33. The van der Waals surface area contributed by atoms with Crippen LogP contribution in [0.3, 0.4) is 0 Å². The van der Waals surface area contributed by atoms with Crippen LogP contribution in [-0.2, 0) is 35.2 Å². The van der Waals surface area contributed by atoms with Gasteiger partial charge in [-0.3, -0.25) is 24.0 Å². The molecule has 40 heavy (non-hydrogen) atoms. The van der Waals surface area contributed by atoms with Gasteiger partial charge in [-0.15, -0.1) is 0 Å². The number of carbonyl (C=O) groups excluding carboxylic acids is 5. The Kier molecular flexibility index (Phi) is 11.6. The van der Waals surface area contributed by atoms with Gasteiger partial charge in [0.15, 0.2) is 0 Å². The first-order chi connectivity index (χ1) is 18.8. The Morgan fingerprint density at radius 1 is 0.925 bits per heavy atom. The van der Waals surface area contributed by atoms with E-state index in [1.165, 1.54) is 0 Å². The molecule has 1 heterocycles. The third kappa shape index (κ3) is 9.08. The van der Waals surface area contributed by atoms with Crippen molar-refractivity contribution in [3.05, 3.63) is 36.0 Å². The summed E-state index contributed by atoms with van der Waals surface area (Å²) in [6.07, 6.45) is 1.37. The van der Waals surface area contributed by atoms with Gasteiger partial charge < -0.3 is 43.2 Å². The molecule has 0 fully saturated rings. The van der Waals surface area contributed by atoms with Crippen LogP contribution in [0.2, 0.25) is 0 Å². The van der Waals surface area contributed by atoms with Crippen molar-refractivity contribution in [3.63, 3.8) is 0 Å². The Balaban J connectivity index is 2.32. The van der Waals surface area contributed by atoms with Gasteiger partial charge in [-0.25, -0.2) is 4.79 Å². The number of benzene rings is 1. The molecule has 0 radical (unpaired) electrons. The van der Waals surface area contributed by atoms with E-state index in [1.807, 2.05) is 24.3 Å². The lowest BCUT2D eigenvalue weighted by Gasteiger charge is -2.28. The van der Waals surface area contributed by atoms with Crippen molar-refractivity contribution in [1.29, 1.82) is 0 Å². The lowest BCUT2D eigenvalue weighted by molar-refractivity contribution is -0.144. The molecule has 0 spiro atoms. The molecule has 0 aliphatic heterocycles. The number of nitrogens with two attached hydrogens (primary N) is 3. The number of hydrogen-bond acceptors (Lipinski definition) is 7. The fourth-order valence-corrected chi connectivity index (χ4v) is 4.06. The molecule has 5 atom stereocenters. The third-order valence-electron chi connectivity index (χ3n) is 6.58. The van der Waals surface area contributed by atoms with Crippen LogP contribution in [0.5, 0.6) is 0 Å². The number of aromatic amines is 1. The molecular weight excluding hydrogens is 522 g/mol. The smallest absolute Gasteiger partial charge is 0.326 e. The fourth-order valence-electron chi connectivity index (χ4n) is 4.06. The molecule has 5 amide bonds. The van der Waals surface area contributed by atoms with E-state index in [4.69, 9.17) is 17.2 Å². The molecule has 5 unspecified atom stereocenters. The molecule has 0 aliphatic carbocycles. The van der Waals surface area contributed by atoms with Crippen molar-refractivity contribution >= 4 is 46.4 Å². The highest BCUT2D eigenvalue weighted by atomic mass is 16.4. The van der Waals surface area contributed by atoms with Gasteiger partial charge in [0.25, 0.3) is 0 Å². The molecule has 218 valence electrons. The van der Waals surface area contributed by atoms with Crippen LogP contribution in [0.1, 0.15) is 45.1 Å². The quantitative estimate of drug-likeness (QED) is 0.123. The number of carboxylic acids is 1. The molecule has 1 aromatic heterocycles. The zero-order chi connectivity index (χ0) is 30.0. The molecule has 0 aliphatic rings. The molecule has 14 heteroatoms. The van der Waals surface area contributed by atoms with E-state index < -0.39 is 72.0 Å². The number of aliphatic carboxylic acids is 1. The molecule has 0 saturated carbocycles. The number of para-hydroxylation sites is 1. The second-order valence-corrected chi connectivity index (χ2v) is 9.68. The van der Waals surface area contributed by atoms with Crippen molar-refractivity contribution in [2.24, 2.45) is 23.1 Å². The Morgan fingerprint density at radius 3 is 2.17 bits per heavy atom. The fraction of sp³-hybridized carbons (Fsp3) is 0.462. The van der Waals surface area contributed by atoms with Crippen molar-refractivity contribution in [2.45, 2.75) is 70.1 Å². The van der Waals surface area contributed by atoms with E-state index in [1.54, 1.807) is 20.0 Å². The number of fused-ring (bicyclic) bond motifs is 1. The predicted octanol–water partition coefficient (Wildman–Crippen LogP) is -1.24. The number of hydrogen-bond donors (Lipinski definition) is 8. The summed E-state index contributed by atoms with van der Waals surface area (Å²) in [5.74, 6) is -5.71. The number of rotatable bonds is 16. The summed E-state index contributed by atoms with van der Waals surface area (Å²) in [6, 6.07) is 2.26. The van der Waals surface area contributed by atoms with Gasteiger partial charge in [-0.1, -0.05) is 38.5 Å². The van der Waals surface area contributed by atoms with Gasteiger partial charge in [0.1, 0.15) is 18.1 Å². The van der Waals surface area contributed by atoms with E-state index in [0.29, 0.717) is 12.0 Å². The molecule has 11 N–H and O–H groups in total. The number of amides is 5. The van der Waals surface area contributed by atoms with Gasteiger partial charge in [-0.05, 0) is 24.0 Å². The molecule has 0 bridgehead atoms. The summed E-state index contributed by atoms with van der Waals surface area (Å²) < 4.78 is 0. The van der Waals surface area contributed by atoms with Crippen LogP contribution in [0.25, 0.3) is 10.9 Å². The number of carboxylic acid groups (broad SMARTS) is 1. The van der Waals surface area contributed by atoms with Crippen LogP contribution >= 0.6 is 0 Å². The second kappa shape index (κ2) is 14.6. The lowest BCUT2D eigenvalue weighted by atomic mass is 9.96. The molecule has 1 aromatic carbocycles. The van der Waals surface area contributed by atoms with Crippen LogP contribution in [-0.4, -0.2) is 69.8 Å². The average Bonchev–Trinajstić information content (AvgIpc) is 3.31. The maximum absolute atomic E-state index is 13.5. The number of aromatic nitrogens is 1. The maximum atomic E-state index is 13.5. The molecule has 2 aromatic rings. The van der Waals surface area contributed by atoms with Gasteiger partial charge in [0.05, 0.1) is 12.5 Å². The van der Waals surface area contributed by atoms with Crippen molar-refractivity contribution in [3.8, 4) is 0 Å². The highest BCUT2D eigenvalue weighted by molar-refractivity contribution is 5.95. The van der Waals surface area contributed by atoms with Gasteiger partial charge in [0, 0.05) is 29.9 Å². The maximum Gasteiger partial charge on any atom is 0.326 e. The van der Waals surface area contributed by atoms with Crippen LogP contribution in [0.4, 0.5) is 0 Å². The van der Waals surface area contributed by atoms with E-state index in [-0.39, 0.29) is 19.3 Å². The van der Waals surface area contributed by atoms with Crippen molar-refractivity contribution in [1.82, 2.24) is 20.9 Å². The van der Waals surface area contributed by atoms with Crippen molar-refractivity contribution in [2.75, 3.05) is 0 Å². The van der Waals surface area contributed by atoms with E-state index in [2.05, 4.69) is 20.9 Å². The Hall–Kier alpha value is -4.46. The number of primary amides is 2. The monoisotopic (exact) mass is 559 g/mol. The van der Waals surface area contributed by atoms with Gasteiger partial charge in [-0.2, -0.15) is 0 Å². The summed E-state index contributed by atoms with van der Waals surface area (Å²) in [5.41, 5.74) is 17.7. The zero-order valence-corrected chi connectivity index (χ0v) is 22.4. The minimum Gasteiger partial charge on any atom is -0.480 e. The third-order valence-corrected chi connectivity index (χ3v) is 6.58. The average molecular weight is 560 g/mol. The largest absolute Gasteiger partial charge is 0.480 e. The Morgan fingerprint density at radius 2 is 1.57 bits per heavy atom. The normalized spacial score (nSPS) is 14.8. The SMILES string of the molecule is CCC(C)C(NC(=O)C(Cc1c[nH]c2ccccc12)NC(=O)C(N)CCC(N)=O)C(=O)NC(CC(N)=O)C(=O)O. The van der Waals surface area contributed by atoms with Gasteiger partial charge in [0.2, 0.25) is 29.5 Å². The molecule has 0 saturated heterocycles. The van der Waals surface area contributed by atoms with E-state index in [0.717, 1.165) is 10.9 Å². The minimum absolute atomic E-state index is 0.0262. The standard InChI is InChI=1S/C26H37N7O7/c1-3-13(2)22(25(38)32-19(26(39)40)11-21(29)35)33-24(37)18(31-23(36)16(27)8-9-20(28)34)10-14-12-30-17-7-5-4-6-15(14)17/h4-7,12-13,16,18-19,22,30H,3,8-11,27H2,1-2H3,(H2,28,34)(H2,29,35)(H,31,36)(H,32,38)(H,33,37)(H,39,40). The zero-order valence-electron chi connectivity index (χ0n) is 22.4. The Bertz CT molecular complexity index is 1240. The topological polar surface area (TPSA) is 253 Å². The molecule has 14 nitrogen and oxygen atoms in total. The summed E-state index contributed by atoms with van der Waals surface area (Å²) in [5, 5.41) is 17.7. The first-order valence-corrected chi connectivity index (χ1v) is 12.8. The number of H-pyrrole nitrogens is 1. The summed E-state index contributed by atoms with van der Waals surface area (Å²) in [4.78, 5) is 76.5. The molecular formula is C26H37N7O7. The van der Waals surface area contributed by atoms with E-state index >= 15 is 0 Å². The first kappa shape index (κ1) is 31.8. The highest BCUT2D eigenvalue weighted by Crippen LogP contribution is 2.20. The lowest BCUT2D eigenvalue weighted by Crippen LogP contribution is -2.59. The summed E-state index contributed by atoms with van der Waals surface area (Å²) in [7, 11) is 0. The Labute approximate surface area is 230 Å². The van der Waals surface area contributed by atoms with Crippen LogP contribution in [0.15, 0.2) is 30.5 Å². The minimum atomic E-state index is -1.58. The number of carbonyl (C=O) groups is 6. The predicted molar refractivity (Wildman–Crippen MR) is 145 cm³/mol. The van der Waals surface area contributed by atoms with Crippen molar-refractivity contribution < 1.29 is 33.9 Å². The number of nitrogens with one attached hydrogen (secondary N) is 4. The van der Waals surface area contributed by atoms with Gasteiger partial charge >= 0.3 is 5.97 Å². The first-order valence-electron chi connectivity index (χ1n) is 12.8. The second-order valence-electron chi connectivity index (χ2n) is 9.68. The van der Waals surface area contributed by atoms with E-state index in [9.17, 15) is 33.9 Å². The summed E-state index contributed by atoms with van der Waals surface area (Å²) >= 11 is 0. The van der Waals surface area contributed by atoms with Crippen LogP contribution < -0.4 is 33.2 Å². The summed E-state index contributed by atoms with van der Waals surface area (Å²) in [6.45, 7) is 3.46. The van der Waals surface area contributed by atoms with Crippen LogP contribution in [0, 0.1) is 5.92 Å². The molecule has 2 rings (SSSR count).